The summed E-state index contributed by atoms with van der Waals surface area (Å²) in [7, 11) is 1.27. The molecule has 12 heteroatoms. The number of carbonyl (C=O) groups is 3. The van der Waals surface area contributed by atoms with Crippen LogP contribution in [0, 0.1) is 5.92 Å². The number of fused-ring (bicyclic) bond motifs is 1. The standard InChI is InChI=1S/C25H28BrN3O8/c1-5-34-20-9-15(8-17(26)23(20)35-12-21(30)33-4)11-27-29-25(32)22(14(2)3)28-24(31)16-6-7-18-19(10-16)37-13-36-18/h6-11,14,22H,5,12-13H2,1-4H3,(H,28,31)(H,29,32). The molecular weight excluding hydrogens is 550 g/mol. The van der Waals surface area contributed by atoms with E-state index in [-0.39, 0.29) is 19.3 Å². The number of nitrogens with one attached hydrogen (secondary N) is 2. The lowest BCUT2D eigenvalue weighted by molar-refractivity contribution is -0.143. The van der Waals surface area contributed by atoms with E-state index in [1.54, 1.807) is 30.3 Å². The van der Waals surface area contributed by atoms with Gasteiger partial charge in [-0.15, -0.1) is 0 Å². The third kappa shape index (κ3) is 7.35. The molecule has 1 heterocycles. The lowest BCUT2D eigenvalue weighted by atomic mass is 10.0. The smallest absolute Gasteiger partial charge is 0.343 e. The molecule has 1 aliphatic rings. The van der Waals surface area contributed by atoms with E-state index in [4.69, 9.17) is 18.9 Å². The van der Waals surface area contributed by atoms with E-state index in [0.29, 0.717) is 45.2 Å². The van der Waals surface area contributed by atoms with Crippen LogP contribution in [0.3, 0.4) is 0 Å². The van der Waals surface area contributed by atoms with Gasteiger partial charge in [-0.25, -0.2) is 10.2 Å². The van der Waals surface area contributed by atoms with Gasteiger partial charge in [0.05, 0.1) is 24.4 Å². The molecule has 0 saturated carbocycles. The summed E-state index contributed by atoms with van der Waals surface area (Å²) in [5.74, 6) is 0.0926. The van der Waals surface area contributed by atoms with Crippen LogP contribution in [0.25, 0.3) is 0 Å². The molecule has 2 aromatic carbocycles. The van der Waals surface area contributed by atoms with Crippen molar-refractivity contribution in [3.05, 3.63) is 45.9 Å². The van der Waals surface area contributed by atoms with Gasteiger partial charge in [-0.2, -0.15) is 5.10 Å². The first kappa shape index (κ1) is 27.8. The molecule has 1 aliphatic heterocycles. The summed E-state index contributed by atoms with van der Waals surface area (Å²) in [5.41, 5.74) is 3.40. The molecule has 2 N–H and O–H groups in total. The second-order valence-electron chi connectivity index (χ2n) is 8.13. The van der Waals surface area contributed by atoms with E-state index < -0.39 is 23.8 Å². The first-order chi connectivity index (χ1) is 17.7. The highest BCUT2D eigenvalue weighted by Gasteiger charge is 2.25. The van der Waals surface area contributed by atoms with Gasteiger partial charge in [0.15, 0.2) is 29.6 Å². The minimum Gasteiger partial charge on any atom is -0.490 e. The average Bonchev–Trinajstić information content (AvgIpc) is 3.34. The quantitative estimate of drug-likeness (QED) is 0.236. The maximum Gasteiger partial charge on any atom is 0.343 e. The molecular formula is C25H28BrN3O8. The number of hydrazone groups is 1. The van der Waals surface area contributed by atoms with Crippen LogP contribution < -0.4 is 29.7 Å². The summed E-state index contributed by atoms with van der Waals surface area (Å²) in [6.07, 6.45) is 1.42. The van der Waals surface area contributed by atoms with Crippen molar-refractivity contribution in [2.75, 3.05) is 27.1 Å². The Kier molecular flexibility index (Phi) is 9.72. The summed E-state index contributed by atoms with van der Waals surface area (Å²) < 4.78 is 26.8. The second-order valence-corrected chi connectivity index (χ2v) is 8.98. The maximum absolute atomic E-state index is 12.8. The molecule has 0 aromatic heterocycles. The SMILES string of the molecule is CCOc1cc(C=NNC(=O)C(NC(=O)c2ccc3c(c2)OCO3)C(C)C)cc(Br)c1OCC(=O)OC. The fourth-order valence-corrected chi connectivity index (χ4v) is 3.87. The summed E-state index contributed by atoms with van der Waals surface area (Å²) in [4.78, 5) is 37.0. The van der Waals surface area contributed by atoms with Gasteiger partial charge in [0.1, 0.15) is 6.04 Å². The minimum atomic E-state index is -0.838. The number of ether oxygens (including phenoxy) is 5. The summed E-state index contributed by atoms with van der Waals surface area (Å²) >= 11 is 3.40. The van der Waals surface area contributed by atoms with Crippen LogP contribution in [-0.4, -0.2) is 57.2 Å². The van der Waals surface area contributed by atoms with Gasteiger partial charge in [0.25, 0.3) is 11.8 Å². The highest BCUT2D eigenvalue weighted by Crippen LogP contribution is 2.36. The van der Waals surface area contributed by atoms with Crippen molar-refractivity contribution in [3.8, 4) is 23.0 Å². The van der Waals surface area contributed by atoms with Crippen molar-refractivity contribution in [3.63, 3.8) is 0 Å². The van der Waals surface area contributed by atoms with E-state index in [0.717, 1.165) is 0 Å². The van der Waals surface area contributed by atoms with Gasteiger partial charge in [-0.1, -0.05) is 13.8 Å². The number of rotatable bonds is 11. The van der Waals surface area contributed by atoms with Crippen LogP contribution in [-0.2, 0) is 14.3 Å². The molecule has 0 radical (unpaired) electrons. The number of hydrogen-bond acceptors (Lipinski definition) is 9. The zero-order valence-electron chi connectivity index (χ0n) is 20.8. The molecule has 11 nitrogen and oxygen atoms in total. The van der Waals surface area contributed by atoms with Gasteiger partial charge < -0.3 is 29.0 Å². The highest BCUT2D eigenvalue weighted by molar-refractivity contribution is 9.10. The van der Waals surface area contributed by atoms with E-state index >= 15 is 0 Å². The summed E-state index contributed by atoms with van der Waals surface area (Å²) in [6.45, 7) is 5.60. The minimum absolute atomic E-state index is 0.0985. The fraction of sp³-hybridized carbons (Fsp3) is 0.360. The highest BCUT2D eigenvalue weighted by atomic mass is 79.9. The number of carbonyl (C=O) groups excluding carboxylic acids is 3. The lowest BCUT2D eigenvalue weighted by Crippen LogP contribution is -2.48. The van der Waals surface area contributed by atoms with Gasteiger partial charge in [0, 0.05) is 5.56 Å². The zero-order valence-corrected chi connectivity index (χ0v) is 22.4. The van der Waals surface area contributed by atoms with E-state index in [1.165, 1.54) is 13.3 Å². The number of esters is 1. The molecule has 1 atom stereocenters. The van der Waals surface area contributed by atoms with Crippen LogP contribution in [0.2, 0.25) is 0 Å². The molecule has 0 spiro atoms. The Morgan fingerprint density at radius 1 is 1.14 bits per heavy atom. The first-order valence-corrected chi connectivity index (χ1v) is 12.2. The number of halogens is 1. The Hall–Kier alpha value is -3.80. The third-order valence-corrected chi connectivity index (χ3v) is 5.74. The van der Waals surface area contributed by atoms with Crippen molar-refractivity contribution in [1.29, 1.82) is 0 Å². The number of methoxy groups -OCH3 is 1. The summed E-state index contributed by atoms with van der Waals surface area (Å²) in [6, 6.07) is 7.31. The molecule has 3 rings (SSSR count). The molecule has 0 fully saturated rings. The topological polar surface area (TPSA) is 134 Å². The van der Waals surface area contributed by atoms with Crippen molar-refractivity contribution in [2.45, 2.75) is 26.8 Å². The zero-order chi connectivity index (χ0) is 26.9. The maximum atomic E-state index is 12.8. The van der Waals surface area contributed by atoms with Crippen LogP contribution >= 0.6 is 15.9 Å². The van der Waals surface area contributed by atoms with Crippen LogP contribution in [0.4, 0.5) is 0 Å². The van der Waals surface area contributed by atoms with Gasteiger partial charge in [-0.05, 0) is 64.7 Å². The third-order valence-electron chi connectivity index (χ3n) is 5.15. The summed E-state index contributed by atoms with van der Waals surface area (Å²) in [5, 5.41) is 6.77. The first-order valence-electron chi connectivity index (χ1n) is 11.4. The monoisotopic (exact) mass is 577 g/mol. The Balaban J connectivity index is 1.67. The predicted octanol–water partition coefficient (Wildman–Crippen LogP) is 3.03. The van der Waals surface area contributed by atoms with E-state index in [9.17, 15) is 14.4 Å². The van der Waals surface area contributed by atoms with Crippen LogP contribution in [0.1, 0.15) is 36.7 Å². The van der Waals surface area contributed by atoms with Gasteiger partial charge >= 0.3 is 5.97 Å². The van der Waals surface area contributed by atoms with Crippen LogP contribution in [0.5, 0.6) is 23.0 Å². The largest absolute Gasteiger partial charge is 0.490 e. The molecule has 0 aliphatic carbocycles. The molecule has 0 bridgehead atoms. The Morgan fingerprint density at radius 2 is 1.89 bits per heavy atom. The van der Waals surface area contributed by atoms with Gasteiger partial charge in [0.2, 0.25) is 6.79 Å². The fourth-order valence-electron chi connectivity index (χ4n) is 3.29. The molecule has 2 amide bonds. The number of hydrogen-bond donors (Lipinski definition) is 2. The Bertz CT molecular complexity index is 1180. The van der Waals surface area contributed by atoms with Crippen LogP contribution in [0.15, 0.2) is 39.9 Å². The number of nitrogens with zero attached hydrogens (tertiary/aromatic N) is 1. The second kappa shape index (κ2) is 12.9. The predicted molar refractivity (Wildman–Crippen MR) is 137 cm³/mol. The number of benzene rings is 2. The molecule has 1 unspecified atom stereocenters. The Morgan fingerprint density at radius 3 is 2.59 bits per heavy atom. The molecule has 0 saturated heterocycles. The van der Waals surface area contributed by atoms with E-state index in [2.05, 4.69) is 36.5 Å². The van der Waals surface area contributed by atoms with Gasteiger partial charge in [-0.3, -0.25) is 9.59 Å². The molecule has 198 valence electrons. The van der Waals surface area contributed by atoms with Crippen molar-refractivity contribution < 1.29 is 38.1 Å². The molecule has 2 aromatic rings. The van der Waals surface area contributed by atoms with Crippen molar-refractivity contribution >= 4 is 39.9 Å². The normalized spacial score (nSPS) is 12.8. The van der Waals surface area contributed by atoms with Crippen molar-refractivity contribution in [1.82, 2.24) is 10.7 Å². The Labute approximate surface area is 222 Å². The number of amides is 2. The van der Waals surface area contributed by atoms with Crippen molar-refractivity contribution in [2.24, 2.45) is 11.0 Å². The van der Waals surface area contributed by atoms with E-state index in [1.807, 2.05) is 20.8 Å². The average molecular weight is 578 g/mol. The molecule has 37 heavy (non-hydrogen) atoms. The lowest BCUT2D eigenvalue weighted by Gasteiger charge is -2.20.